The minimum atomic E-state index is -0.256. The molecule has 0 aromatic heterocycles. The van der Waals surface area contributed by atoms with Crippen LogP contribution in [0.2, 0.25) is 0 Å². The Kier molecular flexibility index (Phi) is 6.54. The molecule has 1 aliphatic rings. The van der Waals surface area contributed by atoms with Crippen LogP contribution in [0.3, 0.4) is 0 Å². The largest absolute Gasteiger partial charge is 0.348 e. The summed E-state index contributed by atoms with van der Waals surface area (Å²) in [6.45, 7) is 6.42. The van der Waals surface area contributed by atoms with E-state index in [-0.39, 0.29) is 23.7 Å². The van der Waals surface area contributed by atoms with Crippen LogP contribution in [0.5, 0.6) is 0 Å². The van der Waals surface area contributed by atoms with Crippen LogP contribution in [0.15, 0.2) is 24.3 Å². The van der Waals surface area contributed by atoms with Crippen LogP contribution >= 0.6 is 0 Å². The Hall–Kier alpha value is -1.46. The fourth-order valence-corrected chi connectivity index (χ4v) is 3.16. The number of halogens is 1. The number of carbonyl (C=O) groups is 1. The SMILES string of the molecule is CNC1CCCN(CC(=O)NC(c2ccc(F)cc2)C(C)C)C1. The van der Waals surface area contributed by atoms with Crippen LogP contribution in [-0.2, 0) is 4.79 Å². The number of likely N-dealkylation sites (tertiary alicyclic amines) is 1. The molecule has 1 aliphatic heterocycles. The predicted octanol–water partition coefficient (Wildman–Crippen LogP) is 2.32. The van der Waals surface area contributed by atoms with Crippen molar-refractivity contribution in [1.82, 2.24) is 15.5 Å². The van der Waals surface area contributed by atoms with Crippen LogP contribution in [0.4, 0.5) is 4.39 Å². The lowest BCUT2D eigenvalue weighted by Crippen LogP contribution is -2.48. The zero-order chi connectivity index (χ0) is 16.8. The maximum atomic E-state index is 13.1. The molecule has 0 saturated carbocycles. The highest BCUT2D eigenvalue weighted by Gasteiger charge is 2.23. The molecular formula is C18H28FN3O. The molecule has 1 aromatic carbocycles. The van der Waals surface area contributed by atoms with Crippen LogP contribution in [0.1, 0.15) is 38.3 Å². The third-order valence-corrected chi connectivity index (χ3v) is 4.49. The number of carbonyl (C=O) groups excluding carboxylic acids is 1. The maximum absolute atomic E-state index is 13.1. The molecule has 0 bridgehead atoms. The van der Waals surface area contributed by atoms with E-state index >= 15 is 0 Å². The van der Waals surface area contributed by atoms with E-state index in [1.807, 2.05) is 7.05 Å². The molecule has 128 valence electrons. The molecule has 1 amide bonds. The minimum absolute atomic E-state index is 0.0322. The first-order valence-electron chi connectivity index (χ1n) is 8.44. The van der Waals surface area contributed by atoms with E-state index in [9.17, 15) is 9.18 Å². The van der Waals surface area contributed by atoms with Crippen molar-refractivity contribution >= 4 is 5.91 Å². The number of amides is 1. The van der Waals surface area contributed by atoms with Gasteiger partial charge in [0.05, 0.1) is 12.6 Å². The fourth-order valence-electron chi connectivity index (χ4n) is 3.16. The van der Waals surface area contributed by atoms with E-state index in [1.54, 1.807) is 12.1 Å². The number of nitrogens with one attached hydrogen (secondary N) is 2. The molecule has 0 spiro atoms. The minimum Gasteiger partial charge on any atom is -0.348 e. The zero-order valence-corrected chi connectivity index (χ0v) is 14.3. The second kappa shape index (κ2) is 8.41. The number of hydrogen-bond donors (Lipinski definition) is 2. The molecule has 23 heavy (non-hydrogen) atoms. The topological polar surface area (TPSA) is 44.4 Å². The van der Waals surface area contributed by atoms with Crippen molar-refractivity contribution in [2.45, 2.75) is 38.8 Å². The predicted molar refractivity (Wildman–Crippen MR) is 90.6 cm³/mol. The van der Waals surface area contributed by atoms with Gasteiger partial charge in [0, 0.05) is 12.6 Å². The summed E-state index contributed by atoms with van der Waals surface area (Å²) in [4.78, 5) is 14.6. The zero-order valence-electron chi connectivity index (χ0n) is 14.3. The monoisotopic (exact) mass is 321 g/mol. The lowest BCUT2D eigenvalue weighted by Gasteiger charge is -2.32. The third-order valence-electron chi connectivity index (χ3n) is 4.49. The summed E-state index contributed by atoms with van der Waals surface area (Å²) in [6.07, 6.45) is 2.28. The third kappa shape index (κ3) is 5.29. The van der Waals surface area contributed by atoms with Gasteiger partial charge in [0.1, 0.15) is 5.82 Å². The standard InChI is InChI=1S/C18H28FN3O/c1-13(2)18(14-6-8-15(19)9-7-14)21-17(23)12-22-10-4-5-16(11-22)20-3/h6-9,13,16,18,20H,4-5,10-12H2,1-3H3,(H,21,23). The van der Waals surface area contributed by atoms with E-state index in [0.717, 1.165) is 25.1 Å². The molecule has 1 saturated heterocycles. The first-order chi connectivity index (χ1) is 11.0. The van der Waals surface area contributed by atoms with E-state index < -0.39 is 0 Å². The highest BCUT2D eigenvalue weighted by atomic mass is 19.1. The van der Waals surface area contributed by atoms with Crippen molar-refractivity contribution < 1.29 is 9.18 Å². The van der Waals surface area contributed by atoms with E-state index in [4.69, 9.17) is 0 Å². The highest BCUT2D eigenvalue weighted by Crippen LogP contribution is 2.22. The Labute approximate surface area is 138 Å². The average Bonchev–Trinajstić information content (AvgIpc) is 2.53. The highest BCUT2D eigenvalue weighted by molar-refractivity contribution is 5.78. The summed E-state index contributed by atoms with van der Waals surface area (Å²) in [7, 11) is 1.97. The summed E-state index contributed by atoms with van der Waals surface area (Å²) < 4.78 is 13.1. The Morgan fingerprint density at radius 2 is 2.04 bits per heavy atom. The van der Waals surface area contributed by atoms with Crippen molar-refractivity contribution in [2.75, 3.05) is 26.7 Å². The first kappa shape index (κ1) is 17.9. The smallest absolute Gasteiger partial charge is 0.234 e. The maximum Gasteiger partial charge on any atom is 0.234 e. The summed E-state index contributed by atoms with van der Waals surface area (Å²) in [6, 6.07) is 6.76. The molecule has 2 rings (SSSR count). The van der Waals surface area contributed by atoms with Gasteiger partial charge in [-0.2, -0.15) is 0 Å². The Balaban J connectivity index is 1.94. The average molecular weight is 321 g/mol. The quantitative estimate of drug-likeness (QED) is 0.845. The molecule has 1 heterocycles. The molecule has 2 atom stereocenters. The van der Waals surface area contributed by atoms with Crippen LogP contribution in [0, 0.1) is 11.7 Å². The van der Waals surface area contributed by atoms with Gasteiger partial charge in [-0.1, -0.05) is 26.0 Å². The second-order valence-electron chi connectivity index (χ2n) is 6.70. The number of benzene rings is 1. The molecule has 2 N–H and O–H groups in total. The van der Waals surface area contributed by atoms with Crippen molar-refractivity contribution in [3.8, 4) is 0 Å². The lowest BCUT2D eigenvalue weighted by molar-refractivity contribution is -0.123. The molecular weight excluding hydrogens is 293 g/mol. The number of likely N-dealkylation sites (N-methyl/N-ethyl adjacent to an activating group) is 1. The normalized spacial score (nSPS) is 20.5. The van der Waals surface area contributed by atoms with Crippen LogP contribution < -0.4 is 10.6 Å². The molecule has 0 aliphatic carbocycles. The Morgan fingerprint density at radius 1 is 1.35 bits per heavy atom. The number of piperidine rings is 1. The molecule has 0 radical (unpaired) electrons. The van der Waals surface area contributed by atoms with Gasteiger partial charge in [0.2, 0.25) is 5.91 Å². The fraction of sp³-hybridized carbons (Fsp3) is 0.611. The van der Waals surface area contributed by atoms with Gasteiger partial charge in [-0.15, -0.1) is 0 Å². The number of rotatable bonds is 6. The Bertz CT molecular complexity index is 503. The Morgan fingerprint density at radius 3 is 2.65 bits per heavy atom. The van der Waals surface area contributed by atoms with Gasteiger partial charge in [-0.3, -0.25) is 9.69 Å². The van der Waals surface area contributed by atoms with E-state index in [1.165, 1.54) is 18.6 Å². The molecule has 1 fully saturated rings. The van der Waals surface area contributed by atoms with E-state index in [2.05, 4.69) is 29.4 Å². The molecule has 1 aromatic rings. The van der Waals surface area contributed by atoms with Gasteiger partial charge < -0.3 is 10.6 Å². The molecule has 4 nitrogen and oxygen atoms in total. The van der Waals surface area contributed by atoms with Crippen molar-refractivity contribution in [3.05, 3.63) is 35.6 Å². The number of nitrogens with zero attached hydrogens (tertiary/aromatic N) is 1. The van der Waals surface area contributed by atoms with Crippen LogP contribution in [-0.4, -0.2) is 43.5 Å². The first-order valence-corrected chi connectivity index (χ1v) is 8.44. The van der Waals surface area contributed by atoms with Gasteiger partial charge in [-0.25, -0.2) is 4.39 Å². The van der Waals surface area contributed by atoms with Crippen molar-refractivity contribution in [1.29, 1.82) is 0 Å². The molecule has 2 unspecified atom stereocenters. The van der Waals surface area contributed by atoms with Crippen molar-refractivity contribution in [3.63, 3.8) is 0 Å². The van der Waals surface area contributed by atoms with Crippen molar-refractivity contribution in [2.24, 2.45) is 5.92 Å². The summed E-state index contributed by atoms with van der Waals surface area (Å²) in [5, 5.41) is 6.40. The van der Waals surface area contributed by atoms with Gasteiger partial charge in [0.15, 0.2) is 0 Å². The lowest BCUT2D eigenvalue weighted by atomic mass is 9.96. The number of hydrogen-bond acceptors (Lipinski definition) is 3. The molecule has 5 heteroatoms. The van der Waals surface area contributed by atoms with Crippen LogP contribution in [0.25, 0.3) is 0 Å². The van der Waals surface area contributed by atoms with E-state index in [0.29, 0.717) is 12.6 Å². The van der Waals surface area contributed by atoms with Gasteiger partial charge in [0.25, 0.3) is 0 Å². The summed E-state index contributed by atoms with van der Waals surface area (Å²) in [5.41, 5.74) is 0.946. The second-order valence-corrected chi connectivity index (χ2v) is 6.70. The summed E-state index contributed by atoms with van der Waals surface area (Å²) in [5.74, 6) is 0.0228. The van der Waals surface area contributed by atoms with Gasteiger partial charge >= 0.3 is 0 Å². The summed E-state index contributed by atoms with van der Waals surface area (Å²) >= 11 is 0. The van der Waals surface area contributed by atoms with Gasteiger partial charge in [-0.05, 0) is 50.0 Å².